The SMILES string of the molecule is C=Cc1c(C)c(=C/C=C\C)/c(=C\C)n1-c1nc(C)c2c(O/C=C/C)c(OC)ccc2n1. The first-order valence-corrected chi connectivity index (χ1v) is 10.3. The van der Waals surface area contributed by atoms with Crippen LogP contribution in [-0.4, -0.2) is 21.6 Å². The molecule has 5 heteroatoms. The molecule has 0 N–H and O–H groups in total. The summed E-state index contributed by atoms with van der Waals surface area (Å²) in [5.74, 6) is 1.84. The molecule has 31 heavy (non-hydrogen) atoms. The Morgan fingerprint density at radius 2 is 1.84 bits per heavy atom. The average Bonchev–Trinajstić information content (AvgIpc) is 3.05. The molecule has 0 fully saturated rings. The molecule has 0 atom stereocenters. The Hall–Kier alpha value is -3.60. The monoisotopic (exact) mass is 415 g/mol. The number of rotatable bonds is 6. The predicted octanol–water partition coefficient (Wildman–Crippen LogP) is 4.76. The first-order valence-electron chi connectivity index (χ1n) is 10.3. The average molecular weight is 416 g/mol. The molecule has 5 nitrogen and oxygen atoms in total. The zero-order chi connectivity index (χ0) is 22.5. The Morgan fingerprint density at radius 3 is 2.45 bits per heavy atom. The maximum atomic E-state index is 5.85. The van der Waals surface area contributed by atoms with E-state index in [0.717, 1.165) is 38.4 Å². The molecule has 0 radical (unpaired) electrons. The highest BCUT2D eigenvalue weighted by molar-refractivity contribution is 5.90. The van der Waals surface area contributed by atoms with E-state index in [9.17, 15) is 0 Å². The van der Waals surface area contributed by atoms with Crippen LogP contribution in [0, 0.1) is 13.8 Å². The highest BCUT2D eigenvalue weighted by atomic mass is 16.5. The van der Waals surface area contributed by atoms with E-state index in [-0.39, 0.29) is 0 Å². The van der Waals surface area contributed by atoms with Crippen molar-refractivity contribution in [1.82, 2.24) is 14.5 Å². The van der Waals surface area contributed by atoms with Gasteiger partial charge in [0, 0.05) is 5.22 Å². The van der Waals surface area contributed by atoms with Gasteiger partial charge >= 0.3 is 0 Å². The molecule has 3 rings (SSSR count). The number of fused-ring (bicyclic) bond motifs is 1. The minimum absolute atomic E-state index is 0.596. The molecule has 0 unspecified atom stereocenters. The molecule has 2 heterocycles. The molecule has 0 aliphatic carbocycles. The molecule has 0 saturated carbocycles. The Balaban J connectivity index is 2.40. The van der Waals surface area contributed by atoms with E-state index in [1.165, 1.54) is 0 Å². The third-order valence-corrected chi connectivity index (χ3v) is 5.16. The lowest BCUT2D eigenvalue weighted by molar-refractivity contribution is 0.380. The van der Waals surface area contributed by atoms with E-state index in [1.54, 1.807) is 13.4 Å². The van der Waals surface area contributed by atoms with Crippen LogP contribution < -0.4 is 20.0 Å². The summed E-state index contributed by atoms with van der Waals surface area (Å²) in [6, 6.07) is 3.80. The number of ether oxygens (including phenoxy) is 2. The highest BCUT2D eigenvalue weighted by Gasteiger charge is 2.18. The maximum Gasteiger partial charge on any atom is 0.235 e. The van der Waals surface area contributed by atoms with Crippen LogP contribution in [0.15, 0.2) is 43.2 Å². The summed E-state index contributed by atoms with van der Waals surface area (Å²) in [4.78, 5) is 9.76. The van der Waals surface area contributed by atoms with Crippen LogP contribution in [0.2, 0.25) is 0 Å². The van der Waals surface area contributed by atoms with E-state index in [1.807, 2.05) is 64.1 Å². The number of hydrogen-bond donors (Lipinski definition) is 0. The van der Waals surface area contributed by atoms with Gasteiger partial charge in [0.2, 0.25) is 5.95 Å². The fraction of sp³-hybridized carbons (Fsp3) is 0.231. The van der Waals surface area contributed by atoms with Crippen LogP contribution in [0.25, 0.3) is 35.1 Å². The van der Waals surface area contributed by atoms with Crippen molar-refractivity contribution in [1.29, 1.82) is 0 Å². The normalized spacial score (nSPS) is 13.1. The minimum atomic E-state index is 0.596. The molecular weight excluding hydrogens is 386 g/mol. The second-order valence-corrected chi connectivity index (χ2v) is 7.02. The number of nitrogens with zero attached hydrogens (tertiary/aromatic N) is 3. The van der Waals surface area contributed by atoms with Gasteiger partial charge in [-0.05, 0) is 58.4 Å². The molecule has 2 aromatic heterocycles. The molecule has 0 aliphatic heterocycles. The van der Waals surface area contributed by atoms with Crippen molar-refractivity contribution in [3.63, 3.8) is 0 Å². The smallest absolute Gasteiger partial charge is 0.235 e. The summed E-state index contributed by atoms with van der Waals surface area (Å²) in [6.07, 6.45) is 13.5. The summed E-state index contributed by atoms with van der Waals surface area (Å²) in [5, 5.41) is 2.99. The van der Waals surface area contributed by atoms with Crippen molar-refractivity contribution in [3.05, 3.63) is 70.7 Å². The molecule has 0 bridgehead atoms. The lowest BCUT2D eigenvalue weighted by atomic mass is 10.1. The summed E-state index contributed by atoms with van der Waals surface area (Å²) in [6.45, 7) is 14.0. The molecular formula is C26H29N3O2. The van der Waals surface area contributed by atoms with Gasteiger partial charge < -0.3 is 9.47 Å². The molecule has 1 aromatic carbocycles. The van der Waals surface area contributed by atoms with Crippen molar-refractivity contribution in [2.24, 2.45) is 0 Å². The van der Waals surface area contributed by atoms with Gasteiger partial charge in [-0.2, -0.15) is 0 Å². The lowest BCUT2D eigenvalue weighted by Gasteiger charge is -2.14. The number of methoxy groups -OCH3 is 1. The number of hydrogen-bond acceptors (Lipinski definition) is 4. The van der Waals surface area contributed by atoms with Crippen LogP contribution in [0.1, 0.15) is 37.7 Å². The topological polar surface area (TPSA) is 49.2 Å². The predicted molar refractivity (Wildman–Crippen MR) is 129 cm³/mol. The van der Waals surface area contributed by atoms with Crippen molar-refractivity contribution in [2.45, 2.75) is 34.6 Å². The molecule has 0 saturated heterocycles. The zero-order valence-corrected chi connectivity index (χ0v) is 19.1. The summed E-state index contributed by atoms with van der Waals surface area (Å²) < 4.78 is 13.4. The Kier molecular flexibility index (Phi) is 6.75. The number of benzene rings is 1. The number of aryl methyl sites for hydroxylation is 1. The van der Waals surface area contributed by atoms with Gasteiger partial charge in [-0.1, -0.05) is 37.0 Å². The fourth-order valence-electron chi connectivity index (χ4n) is 3.74. The van der Waals surface area contributed by atoms with Crippen LogP contribution in [0.5, 0.6) is 11.5 Å². The van der Waals surface area contributed by atoms with Crippen molar-refractivity contribution in [3.8, 4) is 17.4 Å². The second-order valence-electron chi connectivity index (χ2n) is 7.02. The van der Waals surface area contributed by atoms with Crippen molar-refractivity contribution >= 4 is 29.1 Å². The Morgan fingerprint density at radius 1 is 1.06 bits per heavy atom. The standard InChI is InChI=1S/C26H29N3O2/c1-8-12-13-19-17(5)21(10-3)29(22(19)11-4)26-27-18(6)24-20(28-26)14-15-23(30-7)25(24)31-16-9-2/h8-16H,3H2,1-2,4-7H3/b12-8-,16-9+,19-13-,22-11+. The Labute approximate surface area is 183 Å². The molecule has 0 spiro atoms. The van der Waals surface area contributed by atoms with Gasteiger partial charge in [-0.15, -0.1) is 0 Å². The van der Waals surface area contributed by atoms with Crippen molar-refractivity contribution < 1.29 is 9.47 Å². The third kappa shape index (κ3) is 3.91. The second kappa shape index (κ2) is 9.47. The molecule has 3 aromatic rings. The number of allylic oxidation sites excluding steroid dienone is 3. The third-order valence-electron chi connectivity index (χ3n) is 5.16. The van der Waals surface area contributed by atoms with E-state index in [4.69, 9.17) is 19.4 Å². The van der Waals surface area contributed by atoms with Gasteiger partial charge in [0.1, 0.15) is 0 Å². The Bertz CT molecular complexity index is 1310. The summed E-state index contributed by atoms with van der Waals surface area (Å²) in [7, 11) is 1.62. The van der Waals surface area contributed by atoms with Gasteiger partial charge in [-0.25, -0.2) is 9.97 Å². The minimum Gasteiger partial charge on any atom is -0.493 e. The lowest BCUT2D eigenvalue weighted by Crippen LogP contribution is -2.30. The van der Waals surface area contributed by atoms with Gasteiger partial charge in [0.05, 0.1) is 41.0 Å². The summed E-state index contributed by atoms with van der Waals surface area (Å²) >= 11 is 0. The number of aromatic nitrogens is 3. The fourth-order valence-corrected chi connectivity index (χ4v) is 3.74. The van der Waals surface area contributed by atoms with Gasteiger partial charge in [0.15, 0.2) is 11.5 Å². The highest BCUT2D eigenvalue weighted by Crippen LogP contribution is 2.36. The first-order chi connectivity index (χ1) is 15.0. The van der Waals surface area contributed by atoms with E-state index in [2.05, 4.69) is 30.2 Å². The summed E-state index contributed by atoms with van der Waals surface area (Å²) in [5.41, 5.74) is 3.70. The van der Waals surface area contributed by atoms with Crippen LogP contribution >= 0.6 is 0 Å². The molecule has 0 amide bonds. The van der Waals surface area contributed by atoms with E-state index in [0.29, 0.717) is 17.4 Å². The molecule has 0 aliphatic rings. The van der Waals surface area contributed by atoms with Crippen LogP contribution in [-0.2, 0) is 0 Å². The van der Waals surface area contributed by atoms with E-state index >= 15 is 0 Å². The van der Waals surface area contributed by atoms with E-state index < -0.39 is 0 Å². The van der Waals surface area contributed by atoms with Crippen LogP contribution in [0.3, 0.4) is 0 Å². The largest absolute Gasteiger partial charge is 0.493 e. The van der Waals surface area contributed by atoms with Crippen molar-refractivity contribution in [2.75, 3.05) is 7.11 Å². The molecule has 160 valence electrons. The van der Waals surface area contributed by atoms with Gasteiger partial charge in [-0.3, -0.25) is 4.57 Å². The zero-order valence-electron chi connectivity index (χ0n) is 19.1. The maximum absolute atomic E-state index is 5.85. The van der Waals surface area contributed by atoms with Crippen LogP contribution in [0.4, 0.5) is 0 Å². The van der Waals surface area contributed by atoms with Gasteiger partial charge in [0.25, 0.3) is 0 Å². The first kappa shape index (κ1) is 22.1. The quantitative estimate of drug-likeness (QED) is 0.545.